The number of ether oxygens (including phenoxy) is 1. The first-order valence-electron chi connectivity index (χ1n) is 6.20. The van der Waals surface area contributed by atoms with Crippen LogP contribution in [0.3, 0.4) is 0 Å². The molecule has 0 aromatic carbocycles. The molecule has 112 valence electrons. The van der Waals surface area contributed by atoms with E-state index in [0.29, 0.717) is 19.7 Å². The molecular weight excluding hydrogens is 305 g/mol. The molecule has 21 heavy (non-hydrogen) atoms. The van der Waals surface area contributed by atoms with Gasteiger partial charge in [-0.05, 0) is 6.07 Å². The Labute approximate surface area is 122 Å². The minimum Gasteiger partial charge on any atom is -0.367 e. The Bertz CT molecular complexity index is 605. The van der Waals surface area contributed by atoms with Crippen molar-refractivity contribution >= 4 is 17.3 Å². The molecule has 1 atom stereocenters. The Kier molecular flexibility index (Phi) is 3.77. The molecular formula is C12H11F3N4OS. The summed E-state index contributed by atoms with van der Waals surface area (Å²) < 4.78 is 43.7. The molecule has 0 bridgehead atoms. The van der Waals surface area contributed by atoms with Crippen molar-refractivity contribution in [2.45, 2.75) is 12.3 Å². The largest absolute Gasteiger partial charge is 0.433 e. The Morgan fingerprint density at radius 1 is 1.29 bits per heavy atom. The smallest absolute Gasteiger partial charge is 0.367 e. The van der Waals surface area contributed by atoms with Crippen LogP contribution in [0.15, 0.2) is 23.8 Å². The molecule has 0 radical (unpaired) electrons. The standard InChI is InChI=1S/C12H11F3N4OS/c13-12(14,15)9-1-2-17-11(18-9)19-4-5-20-8(7-19)10-16-3-6-21-10/h1-3,6,8H,4-5,7H2/t8-/m0/s1. The lowest BCUT2D eigenvalue weighted by Crippen LogP contribution is -2.39. The summed E-state index contributed by atoms with van der Waals surface area (Å²) in [5, 5.41) is 2.63. The summed E-state index contributed by atoms with van der Waals surface area (Å²) in [4.78, 5) is 13.4. The fraction of sp³-hybridized carbons (Fsp3) is 0.417. The third-order valence-electron chi connectivity index (χ3n) is 3.01. The van der Waals surface area contributed by atoms with Crippen molar-refractivity contribution in [2.75, 3.05) is 24.6 Å². The van der Waals surface area contributed by atoms with Gasteiger partial charge in [-0.3, -0.25) is 0 Å². The number of thiazole rings is 1. The van der Waals surface area contributed by atoms with E-state index < -0.39 is 11.9 Å². The maximum atomic E-state index is 12.7. The van der Waals surface area contributed by atoms with Gasteiger partial charge in [0.25, 0.3) is 0 Å². The molecule has 5 nitrogen and oxygen atoms in total. The summed E-state index contributed by atoms with van der Waals surface area (Å²) in [5.74, 6) is 0.0645. The van der Waals surface area contributed by atoms with Crippen molar-refractivity contribution in [2.24, 2.45) is 0 Å². The average Bonchev–Trinajstić information content (AvgIpc) is 3.01. The lowest BCUT2D eigenvalue weighted by atomic mass is 10.3. The normalized spacial score (nSPS) is 19.8. The van der Waals surface area contributed by atoms with Crippen LogP contribution in [0, 0.1) is 0 Å². The van der Waals surface area contributed by atoms with Crippen LogP contribution in [0.1, 0.15) is 16.8 Å². The van der Waals surface area contributed by atoms with Crippen molar-refractivity contribution in [3.8, 4) is 0 Å². The van der Waals surface area contributed by atoms with E-state index >= 15 is 0 Å². The molecule has 3 heterocycles. The number of hydrogen-bond donors (Lipinski definition) is 0. The van der Waals surface area contributed by atoms with Gasteiger partial charge in [-0.1, -0.05) is 0 Å². The molecule has 3 rings (SSSR count). The molecule has 2 aromatic rings. The van der Waals surface area contributed by atoms with E-state index in [0.717, 1.165) is 17.3 Å². The Morgan fingerprint density at radius 2 is 2.14 bits per heavy atom. The second kappa shape index (κ2) is 5.57. The third kappa shape index (κ3) is 3.13. The number of alkyl halides is 3. The van der Waals surface area contributed by atoms with Crippen LogP contribution in [0.2, 0.25) is 0 Å². The first-order valence-corrected chi connectivity index (χ1v) is 7.08. The molecule has 0 unspecified atom stereocenters. The van der Waals surface area contributed by atoms with Crippen molar-refractivity contribution in [3.05, 3.63) is 34.5 Å². The van der Waals surface area contributed by atoms with Crippen LogP contribution < -0.4 is 4.90 Å². The Hall–Kier alpha value is -1.74. The summed E-state index contributed by atoms with van der Waals surface area (Å²) in [6, 6.07) is 0.863. The van der Waals surface area contributed by atoms with Crippen LogP contribution >= 0.6 is 11.3 Å². The van der Waals surface area contributed by atoms with Crippen molar-refractivity contribution < 1.29 is 17.9 Å². The second-order valence-corrected chi connectivity index (χ2v) is 5.34. The highest BCUT2D eigenvalue weighted by Gasteiger charge is 2.34. The van der Waals surface area contributed by atoms with Gasteiger partial charge in [0.1, 0.15) is 16.8 Å². The molecule has 9 heteroatoms. The van der Waals surface area contributed by atoms with Gasteiger partial charge in [0.05, 0.1) is 13.2 Å². The zero-order valence-electron chi connectivity index (χ0n) is 10.7. The first-order chi connectivity index (χ1) is 10.0. The van der Waals surface area contributed by atoms with Gasteiger partial charge in [0.2, 0.25) is 5.95 Å². The molecule has 0 saturated carbocycles. The lowest BCUT2D eigenvalue weighted by molar-refractivity contribution is -0.141. The van der Waals surface area contributed by atoms with Crippen molar-refractivity contribution in [1.29, 1.82) is 0 Å². The minimum atomic E-state index is -4.47. The third-order valence-corrected chi connectivity index (χ3v) is 3.88. The van der Waals surface area contributed by atoms with E-state index in [1.807, 2.05) is 5.38 Å². The number of rotatable bonds is 2. The SMILES string of the molecule is FC(F)(F)c1ccnc(N2CCO[C@H](c3nccs3)C2)n1. The summed E-state index contributed by atoms with van der Waals surface area (Å²) in [6.07, 6.45) is -1.95. The van der Waals surface area contributed by atoms with Crippen LogP contribution in [0.4, 0.5) is 19.1 Å². The molecule has 2 aromatic heterocycles. The van der Waals surface area contributed by atoms with E-state index in [2.05, 4.69) is 15.0 Å². The van der Waals surface area contributed by atoms with Crippen LogP contribution in [0.5, 0.6) is 0 Å². The number of aromatic nitrogens is 3. The quantitative estimate of drug-likeness (QED) is 0.852. The van der Waals surface area contributed by atoms with Gasteiger partial charge in [-0.25, -0.2) is 15.0 Å². The number of morpholine rings is 1. The monoisotopic (exact) mass is 316 g/mol. The highest BCUT2D eigenvalue weighted by Crippen LogP contribution is 2.30. The molecule has 0 spiro atoms. The van der Waals surface area contributed by atoms with E-state index in [9.17, 15) is 13.2 Å². The molecule has 1 aliphatic rings. The van der Waals surface area contributed by atoms with Crippen LogP contribution in [-0.2, 0) is 10.9 Å². The first kappa shape index (κ1) is 14.2. The summed E-state index contributed by atoms with van der Waals surface area (Å²) in [5.41, 5.74) is -0.940. The number of hydrogen-bond acceptors (Lipinski definition) is 6. The van der Waals surface area contributed by atoms with E-state index in [4.69, 9.17) is 4.74 Å². The molecule has 1 aliphatic heterocycles. The number of nitrogens with zero attached hydrogens (tertiary/aromatic N) is 4. The Morgan fingerprint density at radius 3 is 2.86 bits per heavy atom. The van der Waals surface area contributed by atoms with Crippen LogP contribution in [0.25, 0.3) is 0 Å². The fourth-order valence-electron chi connectivity index (χ4n) is 2.03. The molecule has 0 amide bonds. The predicted octanol–water partition coefficient (Wildman–Crippen LogP) is 2.53. The summed E-state index contributed by atoms with van der Waals surface area (Å²) >= 11 is 1.45. The number of anilines is 1. The number of halogens is 3. The van der Waals surface area contributed by atoms with Gasteiger partial charge in [0.15, 0.2) is 0 Å². The lowest BCUT2D eigenvalue weighted by Gasteiger charge is -2.32. The van der Waals surface area contributed by atoms with Gasteiger partial charge >= 0.3 is 6.18 Å². The molecule has 1 fully saturated rings. The zero-order valence-corrected chi connectivity index (χ0v) is 11.6. The van der Waals surface area contributed by atoms with Gasteiger partial charge in [-0.15, -0.1) is 11.3 Å². The van der Waals surface area contributed by atoms with Crippen molar-refractivity contribution in [1.82, 2.24) is 15.0 Å². The van der Waals surface area contributed by atoms with Gasteiger partial charge in [0, 0.05) is 24.3 Å². The van der Waals surface area contributed by atoms with E-state index in [1.165, 1.54) is 11.3 Å². The van der Waals surface area contributed by atoms with Crippen molar-refractivity contribution in [3.63, 3.8) is 0 Å². The molecule has 0 aliphatic carbocycles. The maximum Gasteiger partial charge on any atom is 0.433 e. The van der Waals surface area contributed by atoms with E-state index in [-0.39, 0.29) is 12.1 Å². The highest BCUT2D eigenvalue weighted by atomic mass is 32.1. The molecule has 0 N–H and O–H groups in total. The van der Waals surface area contributed by atoms with Gasteiger partial charge < -0.3 is 9.64 Å². The zero-order chi connectivity index (χ0) is 14.9. The molecule has 1 saturated heterocycles. The minimum absolute atomic E-state index is 0.0645. The highest BCUT2D eigenvalue weighted by molar-refractivity contribution is 7.09. The average molecular weight is 316 g/mol. The predicted molar refractivity (Wildman–Crippen MR) is 70.1 cm³/mol. The Balaban J connectivity index is 1.80. The summed E-state index contributed by atoms with van der Waals surface area (Å²) in [6.45, 7) is 1.22. The van der Waals surface area contributed by atoms with Gasteiger partial charge in [-0.2, -0.15) is 13.2 Å². The van der Waals surface area contributed by atoms with Crippen LogP contribution in [-0.4, -0.2) is 34.6 Å². The topological polar surface area (TPSA) is 51.1 Å². The maximum absolute atomic E-state index is 12.7. The second-order valence-electron chi connectivity index (χ2n) is 4.42. The fourth-order valence-corrected chi connectivity index (χ4v) is 2.71. The summed E-state index contributed by atoms with van der Waals surface area (Å²) in [7, 11) is 0. The van der Waals surface area contributed by atoms with E-state index in [1.54, 1.807) is 11.1 Å².